The van der Waals surface area contributed by atoms with Crippen molar-refractivity contribution in [1.82, 2.24) is 10.2 Å². The zero-order chi connectivity index (χ0) is 14.5. The van der Waals surface area contributed by atoms with E-state index in [1.807, 2.05) is 4.90 Å². The monoisotopic (exact) mass is 282 g/mol. The number of hydrogen-bond donors (Lipinski definition) is 2. The Balaban J connectivity index is 1.74. The maximum Gasteiger partial charge on any atom is 0.317 e. The van der Waals surface area contributed by atoms with Crippen LogP contribution in [-0.4, -0.2) is 41.6 Å². The molecule has 1 aliphatic heterocycles. The van der Waals surface area contributed by atoms with E-state index >= 15 is 0 Å². The highest BCUT2D eigenvalue weighted by Crippen LogP contribution is 2.31. The van der Waals surface area contributed by atoms with Gasteiger partial charge in [-0.2, -0.15) is 0 Å². The minimum Gasteiger partial charge on any atom is -0.481 e. The maximum absolute atomic E-state index is 12.1. The van der Waals surface area contributed by atoms with E-state index in [4.69, 9.17) is 5.11 Å². The number of amides is 2. The number of carbonyl (C=O) groups excluding carboxylic acids is 1. The quantitative estimate of drug-likeness (QED) is 0.813. The van der Waals surface area contributed by atoms with Crippen molar-refractivity contribution in [1.29, 1.82) is 0 Å². The molecule has 0 aromatic carbocycles. The largest absolute Gasteiger partial charge is 0.481 e. The van der Waals surface area contributed by atoms with E-state index in [0.717, 1.165) is 38.8 Å². The van der Waals surface area contributed by atoms with Crippen LogP contribution in [0.1, 0.15) is 45.4 Å². The Bertz CT molecular complexity index is 359. The molecule has 2 rings (SSSR count). The maximum atomic E-state index is 12.1. The molecule has 1 saturated heterocycles. The lowest BCUT2D eigenvalue weighted by Crippen LogP contribution is -2.41. The van der Waals surface area contributed by atoms with Gasteiger partial charge in [-0.05, 0) is 37.5 Å². The molecular weight excluding hydrogens is 256 g/mol. The van der Waals surface area contributed by atoms with E-state index in [0.29, 0.717) is 12.5 Å². The topological polar surface area (TPSA) is 69.6 Å². The van der Waals surface area contributed by atoms with Crippen LogP contribution < -0.4 is 5.32 Å². The number of aliphatic carboxylic acids is 1. The van der Waals surface area contributed by atoms with E-state index in [2.05, 4.69) is 12.2 Å². The van der Waals surface area contributed by atoms with Gasteiger partial charge in [0.05, 0.1) is 5.92 Å². The first-order chi connectivity index (χ1) is 9.61. The van der Waals surface area contributed by atoms with Crippen LogP contribution in [0.4, 0.5) is 4.79 Å². The summed E-state index contributed by atoms with van der Waals surface area (Å²) in [6.07, 6.45) is 6.08. The van der Waals surface area contributed by atoms with Gasteiger partial charge in [-0.15, -0.1) is 0 Å². The number of nitrogens with one attached hydrogen (secondary N) is 1. The standard InChI is InChI=1S/C15H26N2O3/c1-2-4-11-7-8-17(10-11)15(20)16-9-12-5-3-6-13(12)14(18)19/h11-13H,2-10H2,1H3,(H,16,20)(H,18,19). The molecule has 1 saturated carbocycles. The van der Waals surface area contributed by atoms with Crippen molar-refractivity contribution in [2.45, 2.75) is 45.4 Å². The van der Waals surface area contributed by atoms with Crippen LogP contribution in [0.25, 0.3) is 0 Å². The predicted octanol–water partition coefficient (Wildman–Crippen LogP) is 2.32. The summed E-state index contributed by atoms with van der Waals surface area (Å²) in [6.45, 7) is 4.37. The van der Waals surface area contributed by atoms with Crippen LogP contribution in [0, 0.1) is 17.8 Å². The average molecular weight is 282 g/mol. The molecule has 3 unspecified atom stereocenters. The second kappa shape index (κ2) is 6.95. The number of hydrogen-bond acceptors (Lipinski definition) is 2. The van der Waals surface area contributed by atoms with Crippen LogP contribution in [0.2, 0.25) is 0 Å². The van der Waals surface area contributed by atoms with Crippen LogP contribution in [0.15, 0.2) is 0 Å². The van der Waals surface area contributed by atoms with Gasteiger partial charge in [0.1, 0.15) is 0 Å². The van der Waals surface area contributed by atoms with Crippen molar-refractivity contribution >= 4 is 12.0 Å². The van der Waals surface area contributed by atoms with Gasteiger partial charge in [-0.1, -0.05) is 19.8 Å². The summed E-state index contributed by atoms with van der Waals surface area (Å²) < 4.78 is 0. The molecule has 2 fully saturated rings. The summed E-state index contributed by atoms with van der Waals surface area (Å²) in [5.74, 6) is -0.248. The highest BCUT2D eigenvalue weighted by Gasteiger charge is 2.33. The van der Waals surface area contributed by atoms with Gasteiger partial charge in [-0.3, -0.25) is 4.79 Å². The van der Waals surface area contributed by atoms with Gasteiger partial charge < -0.3 is 15.3 Å². The molecule has 1 aliphatic carbocycles. The minimum atomic E-state index is -0.717. The lowest BCUT2D eigenvalue weighted by Gasteiger charge is -2.21. The van der Waals surface area contributed by atoms with E-state index in [9.17, 15) is 9.59 Å². The minimum absolute atomic E-state index is 0.0142. The molecule has 3 atom stereocenters. The van der Waals surface area contributed by atoms with E-state index < -0.39 is 5.97 Å². The molecule has 0 aromatic rings. The number of urea groups is 1. The SMILES string of the molecule is CCCC1CCN(C(=O)NCC2CCCC2C(=O)O)C1. The van der Waals surface area contributed by atoms with Crippen molar-refractivity contribution in [2.75, 3.05) is 19.6 Å². The molecule has 0 bridgehead atoms. The number of likely N-dealkylation sites (tertiary alicyclic amines) is 1. The molecule has 5 nitrogen and oxygen atoms in total. The molecule has 0 spiro atoms. The van der Waals surface area contributed by atoms with Crippen LogP contribution >= 0.6 is 0 Å². The molecule has 1 heterocycles. The Morgan fingerprint density at radius 1 is 1.30 bits per heavy atom. The molecule has 0 radical (unpaired) electrons. The Morgan fingerprint density at radius 2 is 2.10 bits per heavy atom. The highest BCUT2D eigenvalue weighted by molar-refractivity contribution is 5.75. The molecule has 5 heteroatoms. The van der Waals surface area contributed by atoms with Crippen LogP contribution in [-0.2, 0) is 4.79 Å². The van der Waals surface area contributed by atoms with Gasteiger partial charge in [0.25, 0.3) is 0 Å². The second-order valence-electron chi connectivity index (χ2n) is 6.21. The molecule has 2 amide bonds. The number of carbonyl (C=O) groups is 2. The number of rotatable bonds is 5. The Labute approximate surface area is 120 Å². The third kappa shape index (κ3) is 3.64. The summed E-state index contributed by atoms with van der Waals surface area (Å²) in [7, 11) is 0. The molecule has 2 aliphatic rings. The number of carboxylic acid groups (broad SMARTS) is 1. The van der Waals surface area contributed by atoms with Crippen molar-refractivity contribution < 1.29 is 14.7 Å². The van der Waals surface area contributed by atoms with Crippen molar-refractivity contribution in [3.05, 3.63) is 0 Å². The molecule has 0 aromatic heterocycles. The third-order valence-electron chi connectivity index (χ3n) is 4.76. The molecule has 2 N–H and O–H groups in total. The smallest absolute Gasteiger partial charge is 0.317 e. The highest BCUT2D eigenvalue weighted by atomic mass is 16.4. The summed E-state index contributed by atoms with van der Waals surface area (Å²) in [4.78, 5) is 25.1. The Morgan fingerprint density at radius 3 is 2.80 bits per heavy atom. The summed E-state index contributed by atoms with van der Waals surface area (Å²) in [5, 5.41) is 12.1. The van der Waals surface area contributed by atoms with Gasteiger partial charge >= 0.3 is 12.0 Å². The van der Waals surface area contributed by atoms with Crippen LogP contribution in [0.5, 0.6) is 0 Å². The average Bonchev–Trinajstić information content (AvgIpc) is 3.04. The van der Waals surface area contributed by atoms with Crippen molar-refractivity contribution in [3.8, 4) is 0 Å². The fourth-order valence-electron chi connectivity index (χ4n) is 3.60. The lowest BCUT2D eigenvalue weighted by atomic mass is 9.96. The number of carboxylic acids is 1. The molecule has 20 heavy (non-hydrogen) atoms. The Hall–Kier alpha value is -1.26. The van der Waals surface area contributed by atoms with E-state index in [-0.39, 0.29) is 17.9 Å². The third-order valence-corrected chi connectivity index (χ3v) is 4.76. The summed E-state index contributed by atoms with van der Waals surface area (Å²) in [6, 6.07) is -0.0142. The number of nitrogens with zero attached hydrogens (tertiary/aromatic N) is 1. The predicted molar refractivity (Wildman–Crippen MR) is 76.5 cm³/mol. The zero-order valence-electron chi connectivity index (χ0n) is 12.3. The first-order valence-corrected chi connectivity index (χ1v) is 7.87. The van der Waals surface area contributed by atoms with Crippen molar-refractivity contribution in [3.63, 3.8) is 0 Å². The first-order valence-electron chi connectivity index (χ1n) is 7.87. The summed E-state index contributed by atoms with van der Waals surface area (Å²) >= 11 is 0. The van der Waals surface area contributed by atoms with E-state index in [1.165, 1.54) is 12.8 Å². The fourth-order valence-corrected chi connectivity index (χ4v) is 3.60. The van der Waals surface area contributed by atoms with Gasteiger partial charge in [0.2, 0.25) is 0 Å². The van der Waals surface area contributed by atoms with E-state index in [1.54, 1.807) is 0 Å². The van der Waals surface area contributed by atoms with Crippen molar-refractivity contribution in [2.24, 2.45) is 17.8 Å². The zero-order valence-corrected chi connectivity index (χ0v) is 12.3. The van der Waals surface area contributed by atoms with Gasteiger partial charge in [0, 0.05) is 19.6 Å². The van der Waals surface area contributed by atoms with Crippen LogP contribution in [0.3, 0.4) is 0 Å². The first kappa shape index (κ1) is 15.1. The van der Waals surface area contributed by atoms with Gasteiger partial charge in [0.15, 0.2) is 0 Å². The summed E-state index contributed by atoms with van der Waals surface area (Å²) in [5.41, 5.74) is 0. The molecular formula is C15H26N2O3. The molecule has 114 valence electrons. The second-order valence-corrected chi connectivity index (χ2v) is 6.21. The van der Waals surface area contributed by atoms with Gasteiger partial charge in [-0.25, -0.2) is 4.79 Å². The fraction of sp³-hybridized carbons (Fsp3) is 0.867. The normalized spacial score (nSPS) is 29.6. The Kier molecular flexibility index (Phi) is 5.26. The lowest BCUT2D eigenvalue weighted by molar-refractivity contribution is -0.142.